The molecule has 0 unspecified atom stereocenters. The van der Waals surface area contributed by atoms with Crippen molar-refractivity contribution in [1.82, 2.24) is 0 Å². The first-order valence-corrected chi connectivity index (χ1v) is 5.49. The largest absolute Gasteiger partial charge is 0.478 e. The lowest BCUT2D eigenvalue weighted by atomic mass is 10.1. The second kappa shape index (κ2) is 4.58. The summed E-state index contributed by atoms with van der Waals surface area (Å²) in [7, 11) is 0. The molecule has 0 aliphatic heterocycles. The fourth-order valence-electron chi connectivity index (χ4n) is 1.77. The quantitative estimate of drug-likeness (QED) is 0.794. The molecule has 1 aromatic carbocycles. The molecular formula is C12H12ClNO2. The average molecular weight is 238 g/mol. The van der Waals surface area contributed by atoms with E-state index in [2.05, 4.69) is 17.5 Å². The van der Waals surface area contributed by atoms with Gasteiger partial charge in [-0.25, -0.2) is 4.79 Å². The van der Waals surface area contributed by atoms with E-state index in [9.17, 15) is 4.79 Å². The molecule has 2 rings (SSSR count). The molecule has 3 nitrogen and oxygen atoms in total. The van der Waals surface area contributed by atoms with E-state index < -0.39 is 5.97 Å². The van der Waals surface area contributed by atoms with Crippen molar-refractivity contribution in [2.24, 2.45) is 0 Å². The van der Waals surface area contributed by atoms with Crippen LogP contribution in [0.5, 0.6) is 0 Å². The minimum atomic E-state index is -0.962. The molecule has 2 N–H and O–H groups in total. The van der Waals surface area contributed by atoms with Crippen LogP contribution in [-0.2, 0) is 0 Å². The highest BCUT2D eigenvalue weighted by molar-refractivity contribution is 6.31. The summed E-state index contributed by atoms with van der Waals surface area (Å²) >= 11 is 5.77. The van der Waals surface area contributed by atoms with E-state index >= 15 is 0 Å². The minimum absolute atomic E-state index is 0.222. The van der Waals surface area contributed by atoms with Crippen LogP contribution < -0.4 is 5.32 Å². The normalized spacial score (nSPS) is 15.3. The van der Waals surface area contributed by atoms with Crippen LogP contribution in [0.3, 0.4) is 0 Å². The van der Waals surface area contributed by atoms with E-state index in [0.29, 0.717) is 16.8 Å². The molecule has 1 aliphatic rings. The van der Waals surface area contributed by atoms with Gasteiger partial charge in [0.15, 0.2) is 0 Å². The second-order valence-electron chi connectivity index (χ2n) is 3.78. The summed E-state index contributed by atoms with van der Waals surface area (Å²) < 4.78 is 0. The van der Waals surface area contributed by atoms with Gasteiger partial charge in [0, 0.05) is 16.8 Å². The van der Waals surface area contributed by atoms with Crippen LogP contribution in [0.2, 0.25) is 5.02 Å². The molecule has 1 aromatic rings. The Hall–Kier alpha value is -1.48. The fourth-order valence-corrected chi connectivity index (χ4v) is 1.95. The third-order valence-corrected chi connectivity index (χ3v) is 2.81. The number of rotatable bonds is 3. The van der Waals surface area contributed by atoms with Gasteiger partial charge >= 0.3 is 5.97 Å². The van der Waals surface area contributed by atoms with Gasteiger partial charge in [0.05, 0.1) is 5.56 Å². The lowest BCUT2D eigenvalue weighted by Gasteiger charge is -2.15. The number of hydrogen-bond donors (Lipinski definition) is 2. The Morgan fingerprint density at radius 1 is 1.38 bits per heavy atom. The second-order valence-corrected chi connectivity index (χ2v) is 4.22. The topological polar surface area (TPSA) is 49.3 Å². The van der Waals surface area contributed by atoms with Crippen LogP contribution in [0, 0.1) is 0 Å². The van der Waals surface area contributed by atoms with E-state index in [1.54, 1.807) is 12.1 Å². The van der Waals surface area contributed by atoms with Gasteiger partial charge in [0.1, 0.15) is 0 Å². The molecule has 4 heteroatoms. The highest BCUT2D eigenvalue weighted by Gasteiger charge is 2.15. The lowest BCUT2D eigenvalue weighted by molar-refractivity contribution is 0.0698. The van der Waals surface area contributed by atoms with Gasteiger partial charge in [0.2, 0.25) is 0 Å². The molecule has 0 heterocycles. The smallest absolute Gasteiger partial charge is 0.337 e. The van der Waals surface area contributed by atoms with Crippen LogP contribution in [0.4, 0.5) is 5.69 Å². The SMILES string of the molecule is O=C(O)c1cc(Cl)ccc1NC1CC=CC1. The summed E-state index contributed by atoms with van der Waals surface area (Å²) in [6.07, 6.45) is 6.05. The maximum Gasteiger partial charge on any atom is 0.337 e. The van der Waals surface area contributed by atoms with Gasteiger partial charge in [-0.3, -0.25) is 0 Å². The molecular weight excluding hydrogens is 226 g/mol. The number of benzene rings is 1. The fraction of sp³-hybridized carbons (Fsp3) is 0.250. The van der Waals surface area contributed by atoms with E-state index in [1.807, 2.05) is 0 Å². The molecule has 0 saturated carbocycles. The Labute approximate surface area is 98.7 Å². The Morgan fingerprint density at radius 3 is 2.69 bits per heavy atom. The molecule has 0 radical (unpaired) electrons. The van der Waals surface area contributed by atoms with Gasteiger partial charge in [-0.05, 0) is 31.0 Å². The Kier molecular flexibility index (Phi) is 3.15. The van der Waals surface area contributed by atoms with E-state index in [1.165, 1.54) is 6.07 Å². The zero-order chi connectivity index (χ0) is 11.5. The lowest BCUT2D eigenvalue weighted by Crippen LogP contribution is -2.17. The van der Waals surface area contributed by atoms with Crippen molar-refractivity contribution in [2.45, 2.75) is 18.9 Å². The number of aromatic carboxylic acids is 1. The molecule has 0 atom stereocenters. The van der Waals surface area contributed by atoms with Crippen LogP contribution in [-0.4, -0.2) is 17.1 Å². The van der Waals surface area contributed by atoms with Gasteiger partial charge in [-0.1, -0.05) is 23.8 Å². The average Bonchev–Trinajstić information content (AvgIpc) is 2.73. The van der Waals surface area contributed by atoms with Crippen molar-refractivity contribution >= 4 is 23.3 Å². The zero-order valence-corrected chi connectivity index (χ0v) is 9.37. The summed E-state index contributed by atoms with van der Waals surface area (Å²) in [5.74, 6) is -0.962. The molecule has 0 fully saturated rings. The van der Waals surface area contributed by atoms with Crippen molar-refractivity contribution in [2.75, 3.05) is 5.32 Å². The number of hydrogen-bond acceptors (Lipinski definition) is 2. The molecule has 0 aromatic heterocycles. The number of carbonyl (C=O) groups is 1. The third-order valence-electron chi connectivity index (χ3n) is 2.58. The summed E-state index contributed by atoms with van der Waals surface area (Å²) in [4.78, 5) is 11.0. The Morgan fingerprint density at radius 2 is 2.06 bits per heavy atom. The summed E-state index contributed by atoms with van der Waals surface area (Å²) in [5.41, 5.74) is 0.852. The van der Waals surface area contributed by atoms with E-state index in [0.717, 1.165) is 12.8 Å². The van der Waals surface area contributed by atoms with Gasteiger partial charge in [-0.2, -0.15) is 0 Å². The number of anilines is 1. The highest BCUT2D eigenvalue weighted by Crippen LogP contribution is 2.24. The van der Waals surface area contributed by atoms with Gasteiger partial charge in [-0.15, -0.1) is 0 Å². The molecule has 84 valence electrons. The molecule has 0 bridgehead atoms. The van der Waals surface area contributed by atoms with E-state index in [-0.39, 0.29) is 5.56 Å². The maximum absolute atomic E-state index is 11.0. The highest BCUT2D eigenvalue weighted by atomic mass is 35.5. The number of carboxylic acid groups (broad SMARTS) is 1. The molecule has 16 heavy (non-hydrogen) atoms. The first-order valence-electron chi connectivity index (χ1n) is 5.11. The predicted octanol–water partition coefficient (Wildman–Crippen LogP) is 3.17. The first-order chi connectivity index (χ1) is 7.66. The molecule has 1 aliphatic carbocycles. The molecule has 0 spiro atoms. The van der Waals surface area contributed by atoms with Crippen LogP contribution in [0.15, 0.2) is 30.4 Å². The van der Waals surface area contributed by atoms with Gasteiger partial charge < -0.3 is 10.4 Å². The van der Waals surface area contributed by atoms with Crippen molar-refractivity contribution in [3.8, 4) is 0 Å². The van der Waals surface area contributed by atoms with Crippen molar-refractivity contribution in [1.29, 1.82) is 0 Å². The van der Waals surface area contributed by atoms with Crippen molar-refractivity contribution in [3.63, 3.8) is 0 Å². The zero-order valence-electron chi connectivity index (χ0n) is 8.61. The first kappa shape index (κ1) is 11.0. The number of nitrogens with one attached hydrogen (secondary N) is 1. The summed E-state index contributed by atoms with van der Waals surface area (Å²) in [6.45, 7) is 0. The summed E-state index contributed by atoms with van der Waals surface area (Å²) in [6, 6.07) is 5.16. The number of halogens is 1. The third kappa shape index (κ3) is 2.36. The minimum Gasteiger partial charge on any atom is -0.478 e. The molecule has 0 amide bonds. The number of carboxylic acids is 1. The van der Waals surface area contributed by atoms with Crippen molar-refractivity contribution in [3.05, 3.63) is 40.9 Å². The van der Waals surface area contributed by atoms with Crippen LogP contribution >= 0.6 is 11.6 Å². The standard InChI is InChI=1S/C12H12ClNO2/c13-8-5-6-11(10(7-8)12(15)16)14-9-3-1-2-4-9/h1-2,5-7,9,14H,3-4H2,(H,15,16). The van der Waals surface area contributed by atoms with Crippen LogP contribution in [0.1, 0.15) is 23.2 Å². The van der Waals surface area contributed by atoms with Crippen LogP contribution in [0.25, 0.3) is 0 Å². The Bertz CT molecular complexity index is 435. The maximum atomic E-state index is 11.0. The predicted molar refractivity (Wildman–Crippen MR) is 64.2 cm³/mol. The van der Waals surface area contributed by atoms with E-state index in [4.69, 9.17) is 16.7 Å². The van der Waals surface area contributed by atoms with Gasteiger partial charge in [0.25, 0.3) is 0 Å². The van der Waals surface area contributed by atoms with Crippen molar-refractivity contribution < 1.29 is 9.90 Å². The summed E-state index contributed by atoms with van der Waals surface area (Å²) in [5, 5.41) is 12.7. The Balaban J connectivity index is 2.22. The molecule has 0 saturated heterocycles. The monoisotopic (exact) mass is 237 g/mol.